The minimum atomic E-state index is -0.305. The number of nitrogens with two attached hydrogens (primary N) is 1. The molecule has 0 radical (unpaired) electrons. The second-order valence-corrected chi connectivity index (χ2v) is 7.56. The third kappa shape index (κ3) is 4.37. The molecule has 3 heterocycles. The first-order valence-electron chi connectivity index (χ1n) is 10.2. The van der Waals surface area contributed by atoms with E-state index in [4.69, 9.17) is 10.7 Å². The second kappa shape index (κ2) is 8.86. The molecular weight excluding hydrogens is 378 g/mol. The number of hydrogen-bond acceptors (Lipinski definition) is 6. The van der Waals surface area contributed by atoms with Gasteiger partial charge in [-0.25, -0.2) is 9.78 Å². The van der Waals surface area contributed by atoms with Gasteiger partial charge in [-0.1, -0.05) is 19.3 Å². The molecular formula is C22H25N7O. The standard InChI is InChI=1S/C22H25N7O/c1-15-12-16(14-24-13-15)19-10-9-18(23)21(26-19)29(17-6-3-2-4-7-17)22(30)27-20-8-5-11-25-28-20/h5,8-14,17H,2-4,6-7,23H2,1H3,(H,27,28,30). The molecule has 1 fully saturated rings. The number of anilines is 3. The molecule has 8 nitrogen and oxygen atoms in total. The van der Waals surface area contributed by atoms with Gasteiger partial charge in [0, 0.05) is 30.2 Å². The molecule has 154 valence electrons. The van der Waals surface area contributed by atoms with Gasteiger partial charge in [0.25, 0.3) is 0 Å². The van der Waals surface area contributed by atoms with Crippen LogP contribution in [0.1, 0.15) is 37.7 Å². The summed E-state index contributed by atoms with van der Waals surface area (Å²) in [5.74, 6) is 0.850. The zero-order valence-corrected chi connectivity index (χ0v) is 17.0. The van der Waals surface area contributed by atoms with Crippen molar-refractivity contribution < 1.29 is 4.79 Å². The lowest BCUT2D eigenvalue weighted by Gasteiger charge is -2.34. The summed E-state index contributed by atoms with van der Waals surface area (Å²) in [6.45, 7) is 1.98. The normalized spacial score (nSPS) is 14.3. The lowest BCUT2D eigenvalue weighted by Crippen LogP contribution is -2.45. The Kier molecular flexibility index (Phi) is 5.83. The molecule has 1 saturated carbocycles. The van der Waals surface area contributed by atoms with Crippen LogP contribution in [-0.2, 0) is 0 Å². The number of urea groups is 1. The molecule has 0 aliphatic heterocycles. The molecule has 0 spiro atoms. The number of nitrogens with one attached hydrogen (secondary N) is 1. The van der Waals surface area contributed by atoms with E-state index in [2.05, 4.69) is 20.5 Å². The molecule has 0 atom stereocenters. The second-order valence-electron chi connectivity index (χ2n) is 7.56. The quantitative estimate of drug-likeness (QED) is 0.676. The van der Waals surface area contributed by atoms with Crippen LogP contribution >= 0.6 is 0 Å². The number of rotatable bonds is 4. The van der Waals surface area contributed by atoms with Crippen LogP contribution in [0.4, 0.5) is 22.1 Å². The first-order valence-corrected chi connectivity index (χ1v) is 10.2. The Labute approximate surface area is 175 Å². The molecule has 8 heteroatoms. The molecule has 0 aromatic carbocycles. The summed E-state index contributed by atoms with van der Waals surface area (Å²) in [5, 5.41) is 10.6. The fourth-order valence-corrected chi connectivity index (χ4v) is 3.82. The van der Waals surface area contributed by atoms with Gasteiger partial charge in [0.2, 0.25) is 0 Å². The largest absolute Gasteiger partial charge is 0.396 e. The van der Waals surface area contributed by atoms with Crippen molar-refractivity contribution >= 4 is 23.4 Å². The van der Waals surface area contributed by atoms with Gasteiger partial charge in [0.05, 0.1) is 11.4 Å². The maximum atomic E-state index is 13.3. The molecule has 0 unspecified atom stereocenters. The first kappa shape index (κ1) is 19.8. The predicted molar refractivity (Wildman–Crippen MR) is 117 cm³/mol. The van der Waals surface area contributed by atoms with E-state index in [1.807, 2.05) is 19.1 Å². The molecule has 30 heavy (non-hydrogen) atoms. The number of amides is 2. The Bertz CT molecular complexity index is 1020. The number of nitrogens with zero attached hydrogens (tertiary/aromatic N) is 5. The zero-order chi connectivity index (χ0) is 20.9. The smallest absolute Gasteiger partial charge is 0.329 e. The maximum Gasteiger partial charge on any atom is 0.329 e. The van der Waals surface area contributed by atoms with Crippen molar-refractivity contribution in [3.05, 3.63) is 54.5 Å². The lowest BCUT2D eigenvalue weighted by atomic mass is 9.94. The highest BCUT2D eigenvalue weighted by atomic mass is 16.2. The van der Waals surface area contributed by atoms with Crippen molar-refractivity contribution in [3.8, 4) is 11.3 Å². The van der Waals surface area contributed by atoms with Gasteiger partial charge in [-0.3, -0.25) is 15.2 Å². The van der Waals surface area contributed by atoms with Crippen LogP contribution in [0, 0.1) is 6.92 Å². The Morgan fingerprint density at radius 3 is 2.73 bits per heavy atom. The summed E-state index contributed by atoms with van der Waals surface area (Å²) < 4.78 is 0. The Hall–Kier alpha value is -3.55. The summed E-state index contributed by atoms with van der Waals surface area (Å²) in [5.41, 5.74) is 9.41. The molecule has 1 aliphatic carbocycles. The van der Waals surface area contributed by atoms with Crippen molar-refractivity contribution in [3.63, 3.8) is 0 Å². The van der Waals surface area contributed by atoms with Crippen LogP contribution in [0.2, 0.25) is 0 Å². The number of aromatic nitrogens is 4. The van der Waals surface area contributed by atoms with Gasteiger partial charge in [0.15, 0.2) is 11.6 Å². The summed E-state index contributed by atoms with van der Waals surface area (Å²) >= 11 is 0. The number of pyridine rings is 2. The zero-order valence-electron chi connectivity index (χ0n) is 17.0. The first-order chi connectivity index (χ1) is 14.6. The van der Waals surface area contributed by atoms with Crippen LogP contribution in [0.3, 0.4) is 0 Å². The molecule has 4 rings (SSSR count). The fourth-order valence-electron chi connectivity index (χ4n) is 3.82. The SMILES string of the molecule is Cc1cncc(-c2ccc(N)c(N(C(=O)Nc3cccnn3)C3CCCCC3)n2)c1. The van der Waals surface area contributed by atoms with E-state index in [1.165, 1.54) is 6.42 Å². The molecule has 3 aromatic rings. The Morgan fingerprint density at radius 1 is 1.17 bits per heavy atom. The van der Waals surface area contributed by atoms with Crippen LogP contribution in [0.5, 0.6) is 0 Å². The highest BCUT2D eigenvalue weighted by molar-refractivity contribution is 6.02. The molecule has 2 amide bonds. The number of aryl methyl sites for hydroxylation is 1. The van der Waals surface area contributed by atoms with Crippen LogP contribution in [0.25, 0.3) is 11.3 Å². The Balaban J connectivity index is 1.72. The molecule has 0 bridgehead atoms. The fraction of sp³-hybridized carbons (Fsp3) is 0.318. The average molecular weight is 403 g/mol. The van der Waals surface area contributed by atoms with Gasteiger partial charge < -0.3 is 5.73 Å². The van der Waals surface area contributed by atoms with Crippen LogP contribution in [-0.4, -0.2) is 32.2 Å². The van der Waals surface area contributed by atoms with Gasteiger partial charge in [-0.05, 0) is 55.7 Å². The number of carbonyl (C=O) groups is 1. The predicted octanol–water partition coefficient (Wildman–Crippen LogP) is 4.20. The van der Waals surface area contributed by atoms with Crippen molar-refractivity contribution in [1.82, 2.24) is 20.2 Å². The third-order valence-corrected chi connectivity index (χ3v) is 5.27. The molecule has 1 aliphatic rings. The number of nitrogen functional groups attached to an aromatic ring is 1. The van der Waals surface area contributed by atoms with Crippen molar-refractivity contribution in [2.75, 3.05) is 16.0 Å². The van der Waals surface area contributed by atoms with Gasteiger partial charge in [-0.2, -0.15) is 5.10 Å². The number of carbonyl (C=O) groups excluding carboxylic acids is 1. The molecule has 3 aromatic heterocycles. The van der Waals surface area contributed by atoms with E-state index < -0.39 is 0 Å². The van der Waals surface area contributed by atoms with E-state index in [-0.39, 0.29) is 12.1 Å². The lowest BCUT2D eigenvalue weighted by molar-refractivity contribution is 0.252. The number of hydrogen-bond donors (Lipinski definition) is 2. The molecule has 3 N–H and O–H groups in total. The van der Waals surface area contributed by atoms with E-state index in [9.17, 15) is 4.79 Å². The topological polar surface area (TPSA) is 110 Å². The summed E-state index contributed by atoms with van der Waals surface area (Å²) in [6.07, 6.45) is 10.3. The van der Waals surface area contributed by atoms with Gasteiger partial charge in [-0.15, -0.1) is 5.10 Å². The van der Waals surface area contributed by atoms with Crippen LogP contribution in [0.15, 0.2) is 48.9 Å². The highest BCUT2D eigenvalue weighted by Crippen LogP contribution is 2.32. The van der Waals surface area contributed by atoms with E-state index >= 15 is 0 Å². The van der Waals surface area contributed by atoms with Gasteiger partial charge in [0.1, 0.15) is 0 Å². The van der Waals surface area contributed by atoms with Crippen LogP contribution < -0.4 is 16.0 Å². The van der Waals surface area contributed by atoms with E-state index in [1.54, 1.807) is 41.7 Å². The van der Waals surface area contributed by atoms with E-state index in [0.717, 1.165) is 42.5 Å². The van der Waals surface area contributed by atoms with Crippen molar-refractivity contribution in [2.24, 2.45) is 0 Å². The van der Waals surface area contributed by atoms with Gasteiger partial charge >= 0.3 is 6.03 Å². The Morgan fingerprint density at radius 2 is 2.00 bits per heavy atom. The van der Waals surface area contributed by atoms with E-state index in [0.29, 0.717) is 17.3 Å². The molecule has 0 saturated heterocycles. The van der Waals surface area contributed by atoms with Crippen molar-refractivity contribution in [1.29, 1.82) is 0 Å². The monoisotopic (exact) mass is 403 g/mol. The maximum absolute atomic E-state index is 13.3. The van der Waals surface area contributed by atoms with Crippen molar-refractivity contribution in [2.45, 2.75) is 45.1 Å². The third-order valence-electron chi connectivity index (χ3n) is 5.27. The summed E-state index contributed by atoms with van der Waals surface area (Å²) in [6, 6.07) is 8.82. The summed E-state index contributed by atoms with van der Waals surface area (Å²) in [4.78, 5) is 24.0. The average Bonchev–Trinajstić information content (AvgIpc) is 2.77. The highest BCUT2D eigenvalue weighted by Gasteiger charge is 2.30. The summed E-state index contributed by atoms with van der Waals surface area (Å²) in [7, 11) is 0. The minimum absolute atomic E-state index is 0.0242. The minimum Gasteiger partial charge on any atom is -0.396 e.